The topological polar surface area (TPSA) is 26.3 Å². The van der Waals surface area contributed by atoms with E-state index in [-0.39, 0.29) is 18.0 Å². The van der Waals surface area contributed by atoms with Crippen molar-refractivity contribution in [3.8, 4) is 0 Å². The van der Waals surface area contributed by atoms with Crippen molar-refractivity contribution in [2.24, 2.45) is 5.92 Å². The van der Waals surface area contributed by atoms with Gasteiger partial charge in [-0.05, 0) is 24.8 Å². The molecule has 2 atom stereocenters. The lowest BCUT2D eigenvalue weighted by atomic mass is 9.81. The smallest absolute Gasteiger partial charge is 0.308 e. The highest BCUT2D eigenvalue weighted by Crippen LogP contribution is 2.35. The van der Waals surface area contributed by atoms with Gasteiger partial charge < -0.3 is 4.74 Å². The minimum absolute atomic E-state index is 0.0386. The fourth-order valence-electron chi connectivity index (χ4n) is 2.60. The number of benzene rings is 1. The van der Waals surface area contributed by atoms with Crippen LogP contribution in [0.5, 0.6) is 0 Å². The molecule has 1 fully saturated rings. The summed E-state index contributed by atoms with van der Waals surface area (Å²) in [4.78, 5) is 11.8. The number of esters is 1. The number of carbonyl (C=O) groups excluding carboxylic acids is 1. The van der Waals surface area contributed by atoms with Gasteiger partial charge in [-0.3, -0.25) is 4.79 Å². The van der Waals surface area contributed by atoms with Crippen LogP contribution in [0.2, 0.25) is 0 Å². The van der Waals surface area contributed by atoms with E-state index in [0.29, 0.717) is 5.92 Å². The zero-order valence-electron chi connectivity index (χ0n) is 11.3. The van der Waals surface area contributed by atoms with Crippen LogP contribution < -0.4 is 0 Å². The molecule has 1 aromatic rings. The number of carbonyl (C=O) groups is 1. The van der Waals surface area contributed by atoms with Crippen LogP contribution in [-0.4, -0.2) is 12.1 Å². The second kappa shape index (κ2) is 6.03. The van der Waals surface area contributed by atoms with Crippen molar-refractivity contribution >= 4 is 5.97 Å². The lowest BCUT2D eigenvalue weighted by molar-refractivity contribution is -0.155. The van der Waals surface area contributed by atoms with Gasteiger partial charge in [-0.2, -0.15) is 0 Å². The van der Waals surface area contributed by atoms with Crippen molar-refractivity contribution in [2.75, 3.05) is 0 Å². The summed E-state index contributed by atoms with van der Waals surface area (Å²) in [6.07, 6.45) is 4.59. The normalized spacial score (nSPS) is 23.9. The summed E-state index contributed by atoms with van der Waals surface area (Å²) in [5.74, 6) is 0.272. The van der Waals surface area contributed by atoms with E-state index in [1.807, 2.05) is 19.9 Å². The van der Waals surface area contributed by atoms with Gasteiger partial charge in [0.25, 0.3) is 0 Å². The molecule has 1 aromatic carbocycles. The summed E-state index contributed by atoms with van der Waals surface area (Å²) in [6, 6.07) is 10.4. The summed E-state index contributed by atoms with van der Waals surface area (Å²) in [6.45, 7) is 3.78. The lowest BCUT2D eigenvalue weighted by Crippen LogP contribution is -2.30. The Labute approximate surface area is 109 Å². The maximum absolute atomic E-state index is 11.8. The third-order valence-corrected chi connectivity index (χ3v) is 3.67. The number of rotatable bonds is 3. The maximum atomic E-state index is 11.8. The molecule has 0 aliphatic heterocycles. The molecule has 2 rings (SSSR count). The van der Waals surface area contributed by atoms with Gasteiger partial charge in [0.1, 0.15) is 6.10 Å². The molecule has 1 saturated carbocycles. The van der Waals surface area contributed by atoms with Crippen molar-refractivity contribution in [3.63, 3.8) is 0 Å². The van der Waals surface area contributed by atoms with Gasteiger partial charge in [0, 0.05) is 5.92 Å². The van der Waals surface area contributed by atoms with E-state index in [0.717, 1.165) is 12.8 Å². The monoisotopic (exact) mass is 246 g/mol. The summed E-state index contributed by atoms with van der Waals surface area (Å²) in [7, 11) is 0. The molecule has 0 amide bonds. The summed E-state index contributed by atoms with van der Waals surface area (Å²) < 4.78 is 5.68. The Hall–Kier alpha value is -1.31. The fraction of sp³-hybridized carbons (Fsp3) is 0.562. The predicted octanol–water partition coefficient (Wildman–Crippen LogP) is 3.91. The Morgan fingerprint density at radius 3 is 2.50 bits per heavy atom. The highest BCUT2D eigenvalue weighted by Gasteiger charge is 2.29. The van der Waals surface area contributed by atoms with Gasteiger partial charge in [0.2, 0.25) is 0 Å². The molecule has 98 valence electrons. The highest BCUT2D eigenvalue weighted by atomic mass is 16.5. The van der Waals surface area contributed by atoms with E-state index < -0.39 is 0 Å². The molecule has 0 saturated heterocycles. The summed E-state index contributed by atoms with van der Waals surface area (Å²) in [5, 5.41) is 0. The first-order valence-corrected chi connectivity index (χ1v) is 6.94. The second-order valence-corrected chi connectivity index (χ2v) is 5.43. The van der Waals surface area contributed by atoms with Crippen LogP contribution in [0.4, 0.5) is 0 Å². The molecule has 2 nitrogen and oxygen atoms in total. The van der Waals surface area contributed by atoms with Crippen molar-refractivity contribution < 1.29 is 9.53 Å². The number of ether oxygens (including phenoxy) is 1. The molecular formula is C16H22O2. The first-order valence-electron chi connectivity index (χ1n) is 6.94. The largest absolute Gasteiger partial charge is 0.462 e. The fourth-order valence-corrected chi connectivity index (χ4v) is 2.60. The van der Waals surface area contributed by atoms with Crippen LogP contribution in [0.1, 0.15) is 51.0 Å². The van der Waals surface area contributed by atoms with Gasteiger partial charge in [0.15, 0.2) is 0 Å². The van der Waals surface area contributed by atoms with E-state index in [1.165, 1.54) is 18.4 Å². The average molecular weight is 246 g/mol. The lowest BCUT2D eigenvalue weighted by Gasteiger charge is -2.32. The molecule has 0 spiro atoms. The SMILES string of the molecule is CC(C)C(=O)OC1CCCC[C@@H]1c1ccccc1. The van der Waals surface area contributed by atoms with E-state index in [4.69, 9.17) is 4.74 Å². The van der Waals surface area contributed by atoms with E-state index in [2.05, 4.69) is 24.3 Å². The maximum Gasteiger partial charge on any atom is 0.308 e. The zero-order chi connectivity index (χ0) is 13.0. The van der Waals surface area contributed by atoms with E-state index >= 15 is 0 Å². The first-order chi connectivity index (χ1) is 8.68. The standard InChI is InChI=1S/C16H22O2/c1-12(2)16(17)18-15-11-7-6-10-14(15)13-8-4-3-5-9-13/h3-5,8-9,12,14-15H,6-7,10-11H2,1-2H3/t14-,15?/m1/s1. The van der Waals surface area contributed by atoms with Crippen LogP contribution in [0.3, 0.4) is 0 Å². The number of hydrogen-bond donors (Lipinski definition) is 0. The molecule has 1 aliphatic rings. The second-order valence-electron chi connectivity index (χ2n) is 5.43. The Morgan fingerprint density at radius 2 is 1.83 bits per heavy atom. The predicted molar refractivity (Wildman–Crippen MR) is 72.4 cm³/mol. The molecule has 1 unspecified atom stereocenters. The Balaban J connectivity index is 2.09. The quantitative estimate of drug-likeness (QED) is 0.756. The molecular weight excluding hydrogens is 224 g/mol. The average Bonchev–Trinajstić information content (AvgIpc) is 2.40. The first kappa shape index (κ1) is 13.1. The highest BCUT2D eigenvalue weighted by molar-refractivity contribution is 5.71. The van der Waals surface area contributed by atoms with Gasteiger partial charge in [-0.1, -0.05) is 50.6 Å². The van der Waals surface area contributed by atoms with Crippen molar-refractivity contribution in [1.82, 2.24) is 0 Å². The Morgan fingerprint density at radius 1 is 1.17 bits per heavy atom. The van der Waals surface area contributed by atoms with E-state index in [1.54, 1.807) is 0 Å². The molecule has 0 aromatic heterocycles. The summed E-state index contributed by atoms with van der Waals surface area (Å²) in [5.41, 5.74) is 1.30. The van der Waals surface area contributed by atoms with Crippen molar-refractivity contribution in [1.29, 1.82) is 0 Å². The summed E-state index contributed by atoms with van der Waals surface area (Å²) >= 11 is 0. The van der Waals surface area contributed by atoms with Crippen LogP contribution in [0, 0.1) is 5.92 Å². The van der Waals surface area contributed by atoms with Crippen LogP contribution in [-0.2, 0) is 9.53 Å². The molecule has 0 bridgehead atoms. The minimum atomic E-state index is -0.0668. The van der Waals surface area contributed by atoms with Crippen LogP contribution in [0.15, 0.2) is 30.3 Å². The third kappa shape index (κ3) is 3.12. The van der Waals surface area contributed by atoms with Crippen LogP contribution >= 0.6 is 0 Å². The zero-order valence-corrected chi connectivity index (χ0v) is 11.3. The van der Waals surface area contributed by atoms with Gasteiger partial charge in [-0.15, -0.1) is 0 Å². The number of hydrogen-bond acceptors (Lipinski definition) is 2. The molecule has 2 heteroatoms. The molecule has 1 aliphatic carbocycles. The van der Waals surface area contributed by atoms with Gasteiger partial charge >= 0.3 is 5.97 Å². The Bertz CT molecular complexity index is 383. The van der Waals surface area contributed by atoms with Gasteiger partial charge in [0.05, 0.1) is 5.92 Å². The Kier molecular flexibility index (Phi) is 4.40. The van der Waals surface area contributed by atoms with Crippen molar-refractivity contribution in [2.45, 2.75) is 51.6 Å². The van der Waals surface area contributed by atoms with E-state index in [9.17, 15) is 4.79 Å². The third-order valence-electron chi connectivity index (χ3n) is 3.67. The molecule has 0 heterocycles. The minimum Gasteiger partial charge on any atom is -0.462 e. The molecule has 18 heavy (non-hydrogen) atoms. The van der Waals surface area contributed by atoms with Crippen molar-refractivity contribution in [3.05, 3.63) is 35.9 Å². The van der Waals surface area contributed by atoms with Crippen LogP contribution in [0.25, 0.3) is 0 Å². The molecule has 0 N–H and O–H groups in total. The van der Waals surface area contributed by atoms with Gasteiger partial charge in [-0.25, -0.2) is 0 Å². The molecule has 0 radical (unpaired) electrons.